The molecule has 3 nitrogen and oxygen atoms in total. The Balaban J connectivity index is 2.43. The van der Waals surface area contributed by atoms with Gasteiger partial charge in [-0.1, -0.05) is 24.6 Å². The Morgan fingerprint density at radius 1 is 1.26 bits per heavy atom. The van der Waals surface area contributed by atoms with Crippen molar-refractivity contribution in [2.24, 2.45) is 5.73 Å². The van der Waals surface area contributed by atoms with Gasteiger partial charge in [0.25, 0.3) is 0 Å². The summed E-state index contributed by atoms with van der Waals surface area (Å²) in [4.78, 5) is 8.20. The largest absolute Gasteiger partial charge is 0.345 e. The number of nitrogens with zero attached hydrogens (tertiary/aromatic N) is 1. The monoisotopic (exact) mass is 257 g/mol. The molecular formula is C16H23N3. The summed E-state index contributed by atoms with van der Waals surface area (Å²) in [6, 6.07) is 6.50. The van der Waals surface area contributed by atoms with Gasteiger partial charge in [-0.15, -0.1) is 0 Å². The lowest BCUT2D eigenvalue weighted by Gasteiger charge is -2.06. The third-order valence-corrected chi connectivity index (χ3v) is 3.62. The summed E-state index contributed by atoms with van der Waals surface area (Å²) in [6.07, 6.45) is 0.958. The van der Waals surface area contributed by atoms with Crippen LogP contribution in [0.2, 0.25) is 0 Å². The van der Waals surface area contributed by atoms with Crippen LogP contribution in [-0.4, -0.2) is 16.5 Å². The Morgan fingerprint density at radius 3 is 2.68 bits per heavy atom. The van der Waals surface area contributed by atoms with Crippen LogP contribution in [0, 0.1) is 20.8 Å². The second kappa shape index (κ2) is 5.57. The third kappa shape index (κ3) is 2.87. The van der Waals surface area contributed by atoms with Crippen LogP contribution in [0.1, 0.15) is 41.9 Å². The Labute approximate surface area is 115 Å². The highest BCUT2D eigenvalue weighted by Crippen LogP contribution is 2.28. The molecule has 1 aromatic heterocycles. The Morgan fingerprint density at radius 2 is 2.00 bits per heavy atom. The van der Waals surface area contributed by atoms with Gasteiger partial charge >= 0.3 is 0 Å². The van der Waals surface area contributed by atoms with E-state index in [4.69, 9.17) is 10.7 Å². The van der Waals surface area contributed by atoms with Gasteiger partial charge in [0.2, 0.25) is 0 Å². The zero-order chi connectivity index (χ0) is 14.0. The number of nitrogens with one attached hydrogen (secondary N) is 1. The highest BCUT2D eigenvalue weighted by molar-refractivity contribution is 5.66. The molecule has 0 amide bonds. The normalized spacial score (nSPS) is 12.7. The highest BCUT2D eigenvalue weighted by Gasteiger charge is 2.15. The smallest absolute Gasteiger partial charge is 0.109 e. The summed E-state index contributed by atoms with van der Waals surface area (Å²) < 4.78 is 0. The number of H-pyrrole nitrogens is 1. The average molecular weight is 257 g/mol. The van der Waals surface area contributed by atoms with E-state index in [2.05, 4.69) is 50.9 Å². The van der Waals surface area contributed by atoms with Crippen molar-refractivity contribution < 1.29 is 0 Å². The molecule has 0 radical (unpaired) electrons. The Hall–Kier alpha value is -1.61. The highest BCUT2D eigenvalue weighted by atomic mass is 14.9. The summed E-state index contributed by atoms with van der Waals surface area (Å²) in [5.41, 5.74) is 11.6. The van der Waals surface area contributed by atoms with E-state index in [1.54, 1.807) is 0 Å². The zero-order valence-electron chi connectivity index (χ0n) is 12.2. The number of nitrogens with two attached hydrogens (primary N) is 1. The molecule has 3 N–H and O–H groups in total. The van der Waals surface area contributed by atoms with Crippen LogP contribution in [-0.2, 0) is 0 Å². The first-order valence-electron chi connectivity index (χ1n) is 6.87. The fourth-order valence-electron chi connectivity index (χ4n) is 2.36. The van der Waals surface area contributed by atoms with E-state index >= 15 is 0 Å². The van der Waals surface area contributed by atoms with E-state index in [0.717, 1.165) is 23.6 Å². The SMILES string of the molecule is Cc1ccc(C)c(-c2nc(C(C)CCN)[nH]c2C)c1. The van der Waals surface area contributed by atoms with Gasteiger partial charge in [-0.3, -0.25) is 0 Å². The quantitative estimate of drug-likeness (QED) is 0.881. The topological polar surface area (TPSA) is 54.7 Å². The van der Waals surface area contributed by atoms with Crippen LogP contribution >= 0.6 is 0 Å². The van der Waals surface area contributed by atoms with E-state index in [1.807, 2.05) is 0 Å². The van der Waals surface area contributed by atoms with Gasteiger partial charge in [-0.2, -0.15) is 0 Å². The van der Waals surface area contributed by atoms with Gasteiger partial charge in [0.1, 0.15) is 5.82 Å². The van der Waals surface area contributed by atoms with Crippen LogP contribution < -0.4 is 5.73 Å². The molecule has 0 aliphatic carbocycles. The third-order valence-electron chi connectivity index (χ3n) is 3.62. The zero-order valence-corrected chi connectivity index (χ0v) is 12.2. The summed E-state index contributed by atoms with van der Waals surface area (Å²) in [5.74, 6) is 1.42. The molecule has 0 spiro atoms. The second-order valence-electron chi connectivity index (χ2n) is 5.39. The molecular weight excluding hydrogens is 234 g/mol. The molecule has 2 aromatic rings. The molecule has 0 saturated heterocycles. The van der Waals surface area contributed by atoms with Crippen molar-refractivity contribution in [1.29, 1.82) is 0 Å². The Bertz CT molecular complexity index is 569. The van der Waals surface area contributed by atoms with Crippen LogP contribution in [0.4, 0.5) is 0 Å². The molecule has 0 fully saturated rings. The van der Waals surface area contributed by atoms with Crippen molar-refractivity contribution in [2.75, 3.05) is 6.54 Å². The minimum Gasteiger partial charge on any atom is -0.345 e. The van der Waals surface area contributed by atoms with Crippen LogP contribution in [0.3, 0.4) is 0 Å². The van der Waals surface area contributed by atoms with Crippen molar-refractivity contribution in [3.05, 3.63) is 40.8 Å². The number of benzene rings is 1. The first-order chi connectivity index (χ1) is 9.02. The molecule has 0 aliphatic rings. The molecule has 0 bridgehead atoms. The van der Waals surface area contributed by atoms with Gasteiger partial charge in [0, 0.05) is 17.2 Å². The molecule has 102 valence electrons. The molecule has 1 atom stereocenters. The summed E-state index contributed by atoms with van der Waals surface area (Å²) in [6.45, 7) is 9.19. The minimum absolute atomic E-state index is 0.377. The molecule has 0 saturated carbocycles. The fraction of sp³-hybridized carbons (Fsp3) is 0.438. The summed E-state index contributed by atoms with van der Waals surface area (Å²) in [7, 11) is 0. The second-order valence-corrected chi connectivity index (χ2v) is 5.39. The lowest BCUT2D eigenvalue weighted by Crippen LogP contribution is -2.05. The predicted molar refractivity (Wildman–Crippen MR) is 80.3 cm³/mol. The first-order valence-corrected chi connectivity index (χ1v) is 6.87. The van der Waals surface area contributed by atoms with Crippen molar-refractivity contribution in [1.82, 2.24) is 9.97 Å². The molecule has 1 heterocycles. The molecule has 2 rings (SSSR count). The Kier molecular flexibility index (Phi) is 4.05. The number of rotatable bonds is 4. The molecule has 1 aromatic carbocycles. The van der Waals surface area contributed by atoms with Crippen molar-refractivity contribution in [3.63, 3.8) is 0 Å². The maximum atomic E-state index is 5.63. The molecule has 1 unspecified atom stereocenters. The standard InChI is InChI=1S/C16H23N3/c1-10-5-6-11(2)14(9-10)15-13(4)18-16(19-15)12(3)7-8-17/h5-6,9,12H,7-8,17H2,1-4H3,(H,18,19). The maximum absolute atomic E-state index is 5.63. The molecule has 3 heteroatoms. The molecule has 0 aliphatic heterocycles. The van der Waals surface area contributed by atoms with E-state index in [-0.39, 0.29) is 0 Å². The number of aromatic amines is 1. The number of hydrogen-bond acceptors (Lipinski definition) is 2. The maximum Gasteiger partial charge on any atom is 0.109 e. The minimum atomic E-state index is 0.377. The van der Waals surface area contributed by atoms with Crippen LogP contribution in [0.5, 0.6) is 0 Å². The first kappa shape index (κ1) is 13.8. The van der Waals surface area contributed by atoms with E-state index < -0.39 is 0 Å². The van der Waals surface area contributed by atoms with Gasteiger partial charge in [0.05, 0.1) is 5.69 Å². The number of hydrogen-bond donors (Lipinski definition) is 2. The van der Waals surface area contributed by atoms with Crippen LogP contribution in [0.15, 0.2) is 18.2 Å². The lowest BCUT2D eigenvalue weighted by atomic mass is 10.0. The average Bonchev–Trinajstić information content (AvgIpc) is 2.75. The number of aryl methyl sites for hydroxylation is 3. The number of aromatic nitrogens is 2. The molecule has 19 heavy (non-hydrogen) atoms. The van der Waals surface area contributed by atoms with Crippen molar-refractivity contribution in [3.8, 4) is 11.3 Å². The van der Waals surface area contributed by atoms with Crippen molar-refractivity contribution >= 4 is 0 Å². The summed E-state index contributed by atoms with van der Waals surface area (Å²) in [5, 5.41) is 0. The van der Waals surface area contributed by atoms with Gasteiger partial charge in [0.15, 0.2) is 0 Å². The van der Waals surface area contributed by atoms with E-state index in [1.165, 1.54) is 16.7 Å². The van der Waals surface area contributed by atoms with Crippen molar-refractivity contribution in [2.45, 2.75) is 40.0 Å². The van der Waals surface area contributed by atoms with Gasteiger partial charge < -0.3 is 10.7 Å². The number of imidazole rings is 1. The summed E-state index contributed by atoms with van der Waals surface area (Å²) >= 11 is 0. The lowest BCUT2D eigenvalue weighted by molar-refractivity contribution is 0.654. The van der Waals surface area contributed by atoms with E-state index in [9.17, 15) is 0 Å². The predicted octanol–water partition coefficient (Wildman–Crippen LogP) is 3.45. The van der Waals surface area contributed by atoms with Gasteiger partial charge in [-0.05, 0) is 45.4 Å². The fourth-order valence-corrected chi connectivity index (χ4v) is 2.36. The van der Waals surface area contributed by atoms with E-state index in [0.29, 0.717) is 12.5 Å². The van der Waals surface area contributed by atoms with Gasteiger partial charge in [-0.25, -0.2) is 4.98 Å². The van der Waals surface area contributed by atoms with Crippen LogP contribution in [0.25, 0.3) is 11.3 Å².